The molecule has 132 valence electrons. The second kappa shape index (κ2) is 6.59. The number of nitro groups is 1. The van der Waals surface area contributed by atoms with Crippen molar-refractivity contribution in [1.29, 1.82) is 0 Å². The molecule has 1 aliphatic heterocycles. The van der Waals surface area contributed by atoms with E-state index in [4.69, 9.17) is 0 Å². The average molecular weight is 348 g/mol. The number of anilines is 1. The maximum Gasteiger partial charge on any atom is 0.269 e. The summed E-state index contributed by atoms with van der Waals surface area (Å²) < 4.78 is 0. The summed E-state index contributed by atoms with van der Waals surface area (Å²) in [6, 6.07) is 14.0. The normalized spacial score (nSPS) is 15.5. The molecule has 0 fully saturated rings. The summed E-state index contributed by atoms with van der Waals surface area (Å²) >= 11 is 0. The first-order valence-corrected chi connectivity index (χ1v) is 8.35. The van der Waals surface area contributed by atoms with E-state index >= 15 is 0 Å². The number of rotatable bonds is 3. The van der Waals surface area contributed by atoms with Crippen LogP contribution in [0.5, 0.6) is 0 Å². The maximum atomic E-state index is 12.9. The number of hydrogen-bond acceptors (Lipinski definition) is 3. The Balaban J connectivity index is 1.90. The van der Waals surface area contributed by atoms with Crippen LogP contribution >= 0.6 is 0 Å². The fourth-order valence-electron chi connectivity index (χ4n) is 3.34. The summed E-state index contributed by atoms with van der Waals surface area (Å²) in [7, 11) is 0. The molecule has 0 unspecified atom stereocenters. The number of benzene rings is 2. The van der Waals surface area contributed by atoms with Gasteiger partial charge in [0.15, 0.2) is 0 Å². The van der Waals surface area contributed by atoms with Gasteiger partial charge in [0.05, 0.1) is 16.1 Å². The number of hydrogen-bond donors (Lipinski definition) is 0. The number of nitrogens with zero attached hydrogens (tertiary/aromatic N) is 2. The Labute approximate surface area is 152 Å². The van der Waals surface area contributed by atoms with Gasteiger partial charge in [-0.15, -0.1) is 0 Å². The van der Waals surface area contributed by atoms with Crippen LogP contribution in [0.15, 0.2) is 60.7 Å². The molecule has 1 heterocycles. The van der Waals surface area contributed by atoms with Crippen molar-refractivity contribution in [2.75, 3.05) is 4.90 Å². The number of para-hydroxylation sites is 1. The van der Waals surface area contributed by atoms with Gasteiger partial charge in [-0.2, -0.15) is 0 Å². The fraction of sp³-hybridized carbons (Fsp3) is 0.190. The summed E-state index contributed by atoms with van der Waals surface area (Å²) in [5.74, 6) is -0.135. The van der Waals surface area contributed by atoms with E-state index in [2.05, 4.69) is 13.0 Å². The van der Waals surface area contributed by atoms with Crippen LogP contribution in [-0.4, -0.2) is 16.4 Å². The molecule has 2 aromatic carbocycles. The van der Waals surface area contributed by atoms with Crippen molar-refractivity contribution < 1.29 is 9.72 Å². The van der Waals surface area contributed by atoms with Gasteiger partial charge in [-0.05, 0) is 56.2 Å². The summed E-state index contributed by atoms with van der Waals surface area (Å²) in [6.45, 7) is 6.06. The summed E-state index contributed by atoms with van der Waals surface area (Å²) in [5.41, 5.74) is 3.39. The fourth-order valence-corrected chi connectivity index (χ4v) is 3.34. The Morgan fingerprint density at radius 3 is 2.42 bits per heavy atom. The minimum absolute atomic E-state index is 0.0279. The molecular weight excluding hydrogens is 328 g/mol. The van der Waals surface area contributed by atoms with Crippen LogP contribution in [0.2, 0.25) is 0 Å². The molecule has 1 aliphatic rings. The molecule has 2 aromatic rings. The van der Waals surface area contributed by atoms with E-state index < -0.39 is 10.5 Å². The number of amides is 1. The lowest BCUT2D eigenvalue weighted by atomic mass is 9.88. The van der Waals surface area contributed by atoms with Gasteiger partial charge < -0.3 is 0 Å². The number of allylic oxidation sites excluding steroid dienone is 1. The third-order valence-corrected chi connectivity index (χ3v) is 4.46. The largest absolute Gasteiger partial charge is 0.299 e. The highest BCUT2D eigenvalue weighted by molar-refractivity contribution is 6.07. The van der Waals surface area contributed by atoms with E-state index in [-0.39, 0.29) is 11.6 Å². The Hall–Kier alpha value is -3.21. The standard InChI is InChI=1S/C21H20N2O3/c1-15-14-21(2,3)22(19-7-5-4-6-18(15)19)20(24)13-10-16-8-11-17(12-9-16)23(25)26/h4-14H,1-3H3. The lowest BCUT2D eigenvalue weighted by Crippen LogP contribution is -2.48. The molecule has 0 N–H and O–H groups in total. The predicted molar refractivity (Wildman–Crippen MR) is 104 cm³/mol. The Morgan fingerprint density at radius 1 is 1.12 bits per heavy atom. The first-order chi connectivity index (χ1) is 12.3. The molecule has 0 spiro atoms. The van der Waals surface area contributed by atoms with Crippen LogP contribution in [0, 0.1) is 10.1 Å². The molecule has 0 radical (unpaired) electrons. The molecular formula is C21H20N2O3. The second-order valence-electron chi connectivity index (χ2n) is 6.85. The van der Waals surface area contributed by atoms with Gasteiger partial charge in [0.2, 0.25) is 0 Å². The van der Waals surface area contributed by atoms with E-state index in [1.54, 1.807) is 23.1 Å². The van der Waals surface area contributed by atoms with Crippen molar-refractivity contribution in [1.82, 2.24) is 0 Å². The molecule has 0 aromatic heterocycles. The molecule has 0 aliphatic carbocycles. The lowest BCUT2D eigenvalue weighted by molar-refractivity contribution is -0.384. The van der Waals surface area contributed by atoms with Gasteiger partial charge in [0, 0.05) is 23.8 Å². The van der Waals surface area contributed by atoms with Gasteiger partial charge in [-0.1, -0.05) is 24.3 Å². The van der Waals surface area contributed by atoms with E-state index in [9.17, 15) is 14.9 Å². The highest BCUT2D eigenvalue weighted by Crippen LogP contribution is 2.38. The monoisotopic (exact) mass is 348 g/mol. The third kappa shape index (κ3) is 3.28. The number of non-ortho nitro benzene ring substituents is 1. The molecule has 0 saturated carbocycles. The Kier molecular flexibility index (Phi) is 4.47. The predicted octanol–water partition coefficient (Wildman–Crippen LogP) is 4.84. The van der Waals surface area contributed by atoms with Crippen LogP contribution in [0.1, 0.15) is 31.9 Å². The van der Waals surface area contributed by atoms with Gasteiger partial charge >= 0.3 is 0 Å². The van der Waals surface area contributed by atoms with Crippen LogP contribution in [0.25, 0.3) is 11.6 Å². The van der Waals surface area contributed by atoms with Crippen molar-refractivity contribution in [3.8, 4) is 0 Å². The highest BCUT2D eigenvalue weighted by Gasteiger charge is 2.34. The van der Waals surface area contributed by atoms with Gasteiger partial charge in [-0.3, -0.25) is 19.8 Å². The zero-order valence-electron chi connectivity index (χ0n) is 15.0. The molecule has 26 heavy (non-hydrogen) atoms. The number of nitro benzene ring substituents is 1. The van der Waals surface area contributed by atoms with Crippen LogP contribution in [-0.2, 0) is 4.79 Å². The van der Waals surface area contributed by atoms with Crippen molar-refractivity contribution in [2.45, 2.75) is 26.3 Å². The van der Waals surface area contributed by atoms with E-state index in [1.165, 1.54) is 18.2 Å². The smallest absolute Gasteiger partial charge is 0.269 e. The summed E-state index contributed by atoms with van der Waals surface area (Å²) in [4.78, 5) is 25.0. The third-order valence-electron chi connectivity index (χ3n) is 4.46. The molecule has 5 nitrogen and oxygen atoms in total. The second-order valence-corrected chi connectivity index (χ2v) is 6.85. The number of carbonyl (C=O) groups excluding carboxylic acids is 1. The van der Waals surface area contributed by atoms with E-state index in [1.807, 2.05) is 38.1 Å². The quantitative estimate of drug-likeness (QED) is 0.453. The zero-order chi connectivity index (χ0) is 18.9. The molecule has 0 saturated heterocycles. The Morgan fingerprint density at radius 2 is 1.77 bits per heavy atom. The van der Waals surface area contributed by atoms with Crippen LogP contribution in [0.3, 0.4) is 0 Å². The molecule has 0 bridgehead atoms. The zero-order valence-corrected chi connectivity index (χ0v) is 15.0. The van der Waals surface area contributed by atoms with E-state index in [0.717, 1.165) is 22.4 Å². The summed E-state index contributed by atoms with van der Waals surface area (Å²) in [6.07, 6.45) is 5.27. The first-order valence-electron chi connectivity index (χ1n) is 8.35. The van der Waals surface area contributed by atoms with Crippen LogP contribution < -0.4 is 4.90 Å². The lowest BCUT2D eigenvalue weighted by Gasteiger charge is -2.41. The molecule has 5 heteroatoms. The minimum Gasteiger partial charge on any atom is -0.299 e. The maximum absolute atomic E-state index is 12.9. The topological polar surface area (TPSA) is 63.5 Å². The van der Waals surface area contributed by atoms with Crippen molar-refractivity contribution in [2.24, 2.45) is 0 Å². The number of fused-ring (bicyclic) bond motifs is 1. The van der Waals surface area contributed by atoms with Crippen molar-refractivity contribution in [3.63, 3.8) is 0 Å². The van der Waals surface area contributed by atoms with E-state index in [0.29, 0.717) is 0 Å². The van der Waals surface area contributed by atoms with Gasteiger partial charge in [0.25, 0.3) is 11.6 Å². The van der Waals surface area contributed by atoms with Crippen molar-refractivity contribution in [3.05, 3.63) is 81.9 Å². The first kappa shape index (κ1) is 17.6. The van der Waals surface area contributed by atoms with Gasteiger partial charge in [0.1, 0.15) is 0 Å². The number of carbonyl (C=O) groups is 1. The molecule has 3 rings (SSSR count). The van der Waals surface area contributed by atoms with Crippen LogP contribution in [0.4, 0.5) is 11.4 Å². The average Bonchev–Trinajstić information content (AvgIpc) is 2.59. The van der Waals surface area contributed by atoms with Gasteiger partial charge in [-0.25, -0.2) is 0 Å². The highest BCUT2D eigenvalue weighted by atomic mass is 16.6. The minimum atomic E-state index is -0.449. The Bertz CT molecular complexity index is 925. The molecule has 1 amide bonds. The summed E-state index contributed by atoms with van der Waals surface area (Å²) in [5, 5.41) is 10.7. The SMILES string of the molecule is CC1=CC(C)(C)N(C(=O)C=Cc2ccc([N+](=O)[O-])cc2)c2ccccc21. The van der Waals surface area contributed by atoms with Crippen molar-refractivity contribution >= 4 is 28.9 Å². The molecule has 0 atom stereocenters.